The molecule has 0 unspecified atom stereocenters. The minimum absolute atomic E-state index is 0.107. The molecule has 0 aliphatic carbocycles. The van der Waals surface area contributed by atoms with Crippen LogP contribution in [0.15, 0.2) is 39.5 Å². The molecule has 7 heteroatoms. The number of benzene rings is 2. The first-order valence-corrected chi connectivity index (χ1v) is 9.88. The number of esters is 1. The fourth-order valence-corrected chi connectivity index (χ4v) is 4.05. The minimum atomic E-state index is -1.01. The fourth-order valence-electron chi connectivity index (χ4n) is 3.69. The first-order valence-electron chi connectivity index (χ1n) is 8.97. The number of ether oxygens (including phenoxy) is 2. The van der Waals surface area contributed by atoms with Gasteiger partial charge in [0.15, 0.2) is 0 Å². The van der Waals surface area contributed by atoms with Crippen LogP contribution in [0.25, 0.3) is 21.7 Å². The molecule has 2 atom stereocenters. The Morgan fingerprint density at radius 1 is 1.29 bits per heavy atom. The number of halogens is 1. The molecule has 0 bridgehead atoms. The van der Waals surface area contributed by atoms with E-state index in [1.807, 2.05) is 38.1 Å². The summed E-state index contributed by atoms with van der Waals surface area (Å²) in [5, 5.41) is 12.9. The summed E-state index contributed by atoms with van der Waals surface area (Å²) >= 11 is 3.50. The van der Waals surface area contributed by atoms with E-state index < -0.39 is 28.1 Å². The van der Waals surface area contributed by atoms with Crippen LogP contribution in [0.3, 0.4) is 0 Å². The van der Waals surface area contributed by atoms with E-state index in [1.165, 1.54) is 0 Å². The molecule has 0 fully saturated rings. The number of rotatable bonds is 2. The second-order valence-corrected chi connectivity index (χ2v) is 8.23. The summed E-state index contributed by atoms with van der Waals surface area (Å²) in [5.74, 6) is -0.173. The summed E-state index contributed by atoms with van der Waals surface area (Å²) in [5.41, 5.74) is -0.816. The molecule has 0 radical (unpaired) electrons. The Bertz CT molecular complexity index is 1160. The molecule has 1 aliphatic rings. The highest BCUT2D eigenvalue weighted by Gasteiger charge is 2.44. The maximum atomic E-state index is 12.6. The monoisotopic (exact) mass is 446 g/mol. The van der Waals surface area contributed by atoms with Crippen LogP contribution in [0.1, 0.15) is 42.8 Å². The normalized spacial score (nSPS) is 20.6. The van der Waals surface area contributed by atoms with Gasteiger partial charge < -0.3 is 19.0 Å². The maximum absolute atomic E-state index is 12.6. The number of aliphatic hydroxyl groups is 1. The largest absolute Gasteiger partial charge is 0.485 e. The Morgan fingerprint density at radius 3 is 2.64 bits per heavy atom. The molecule has 4 rings (SSSR count). The lowest BCUT2D eigenvalue weighted by Gasteiger charge is -2.40. The zero-order valence-corrected chi connectivity index (χ0v) is 17.2. The van der Waals surface area contributed by atoms with Crippen LogP contribution >= 0.6 is 15.9 Å². The highest BCUT2D eigenvalue weighted by Crippen LogP contribution is 2.50. The maximum Gasteiger partial charge on any atom is 0.339 e. The molecule has 146 valence electrons. The fraction of sp³-hybridized carbons (Fsp3) is 0.333. The molecular formula is C21H19BrO6. The van der Waals surface area contributed by atoms with Gasteiger partial charge in [-0.05, 0) is 26.2 Å². The summed E-state index contributed by atoms with van der Waals surface area (Å²) in [7, 11) is 0. The molecule has 1 aliphatic heterocycles. The van der Waals surface area contributed by atoms with Crippen molar-refractivity contribution in [2.75, 3.05) is 6.61 Å². The Hall–Kier alpha value is -2.38. The molecule has 28 heavy (non-hydrogen) atoms. The van der Waals surface area contributed by atoms with Gasteiger partial charge in [0.25, 0.3) is 0 Å². The topological polar surface area (TPSA) is 86.0 Å². The van der Waals surface area contributed by atoms with Crippen LogP contribution in [0.2, 0.25) is 0 Å². The number of hydrogen-bond acceptors (Lipinski definition) is 6. The van der Waals surface area contributed by atoms with E-state index in [0.717, 1.165) is 11.5 Å². The number of hydrogen-bond donors (Lipinski definition) is 1. The highest BCUT2D eigenvalue weighted by molar-refractivity contribution is 9.09. The van der Waals surface area contributed by atoms with Crippen molar-refractivity contribution in [3.8, 4) is 5.75 Å². The van der Waals surface area contributed by atoms with Crippen molar-refractivity contribution >= 4 is 43.6 Å². The second kappa shape index (κ2) is 6.60. The first-order chi connectivity index (χ1) is 13.3. The Balaban J connectivity index is 2.22. The molecule has 0 saturated heterocycles. The van der Waals surface area contributed by atoms with Gasteiger partial charge in [0.05, 0.1) is 22.6 Å². The van der Waals surface area contributed by atoms with E-state index in [9.17, 15) is 14.7 Å². The van der Waals surface area contributed by atoms with E-state index in [-0.39, 0.29) is 17.8 Å². The van der Waals surface area contributed by atoms with Crippen LogP contribution in [-0.2, 0) is 4.74 Å². The van der Waals surface area contributed by atoms with Crippen molar-refractivity contribution in [1.29, 1.82) is 0 Å². The standard InChI is InChI=1S/C21H19BrO6/c1-4-26-20(25)12-9-13(23)27-18-14(12)10-7-5-6-8-11(10)17-15(18)16(24)19(22)21(2,3)28-17/h5-9,16,19,24H,4H2,1-3H3/t16-,19-/m1/s1. The van der Waals surface area contributed by atoms with E-state index >= 15 is 0 Å². The van der Waals surface area contributed by atoms with Gasteiger partial charge in [-0.15, -0.1) is 0 Å². The molecule has 1 N–H and O–H groups in total. The molecule has 0 spiro atoms. The zero-order valence-electron chi connectivity index (χ0n) is 15.6. The van der Waals surface area contributed by atoms with Gasteiger partial charge in [0, 0.05) is 16.8 Å². The number of alkyl halides is 1. The summed E-state index contributed by atoms with van der Waals surface area (Å²) < 4.78 is 16.9. The predicted octanol–water partition coefficient (Wildman–Crippen LogP) is 4.09. The SMILES string of the molecule is CCOC(=O)c1cc(=O)oc2c3c(c4ccccc4c12)OC(C)(C)[C@H](Br)[C@@H]3O. The molecule has 1 aromatic heterocycles. The van der Waals surface area contributed by atoms with Crippen molar-refractivity contribution in [2.24, 2.45) is 0 Å². The Kier molecular flexibility index (Phi) is 4.47. The number of carbonyl (C=O) groups is 1. The Morgan fingerprint density at radius 2 is 1.96 bits per heavy atom. The molecule has 0 saturated carbocycles. The summed E-state index contributed by atoms with van der Waals surface area (Å²) in [6.45, 7) is 5.60. The van der Waals surface area contributed by atoms with Crippen LogP contribution in [0.4, 0.5) is 0 Å². The first kappa shape index (κ1) is 19.0. The average Bonchev–Trinajstić information content (AvgIpc) is 2.65. The van der Waals surface area contributed by atoms with Gasteiger partial charge in [0.2, 0.25) is 0 Å². The molecule has 6 nitrogen and oxygen atoms in total. The Labute approximate surface area is 169 Å². The molecule has 2 heterocycles. The summed E-state index contributed by atoms with van der Waals surface area (Å²) in [6.07, 6.45) is -1.01. The van der Waals surface area contributed by atoms with Gasteiger partial charge >= 0.3 is 11.6 Å². The third-order valence-corrected chi connectivity index (χ3v) is 6.59. The summed E-state index contributed by atoms with van der Waals surface area (Å²) in [4.78, 5) is 24.4. The zero-order chi connectivity index (χ0) is 20.2. The van der Waals surface area contributed by atoms with Crippen LogP contribution in [0, 0.1) is 0 Å². The third-order valence-electron chi connectivity index (χ3n) is 4.99. The van der Waals surface area contributed by atoms with Gasteiger partial charge in [-0.25, -0.2) is 9.59 Å². The van der Waals surface area contributed by atoms with Gasteiger partial charge in [-0.2, -0.15) is 0 Å². The van der Waals surface area contributed by atoms with Gasteiger partial charge in [0.1, 0.15) is 23.0 Å². The van der Waals surface area contributed by atoms with Gasteiger partial charge in [-0.1, -0.05) is 40.2 Å². The average molecular weight is 447 g/mol. The van der Waals surface area contributed by atoms with Crippen LogP contribution in [0.5, 0.6) is 5.75 Å². The van der Waals surface area contributed by atoms with Crippen molar-refractivity contribution in [2.45, 2.75) is 37.3 Å². The van der Waals surface area contributed by atoms with Gasteiger partial charge in [-0.3, -0.25) is 0 Å². The quantitative estimate of drug-likeness (QED) is 0.276. The number of fused-ring (bicyclic) bond motifs is 6. The molecule has 2 aromatic carbocycles. The summed E-state index contributed by atoms with van der Waals surface area (Å²) in [6, 6.07) is 8.48. The highest BCUT2D eigenvalue weighted by atomic mass is 79.9. The van der Waals surface area contributed by atoms with E-state index in [0.29, 0.717) is 22.1 Å². The van der Waals surface area contributed by atoms with Crippen LogP contribution in [-0.4, -0.2) is 28.1 Å². The third kappa shape index (κ3) is 2.72. The van der Waals surface area contributed by atoms with E-state index in [4.69, 9.17) is 13.9 Å². The molecule has 0 amide bonds. The lowest BCUT2D eigenvalue weighted by Crippen LogP contribution is -2.45. The van der Waals surface area contributed by atoms with Crippen molar-refractivity contribution in [1.82, 2.24) is 0 Å². The minimum Gasteiger partial charge on any atom is -0.485 e. The van der Waals surface area contributed by atoms with Crippen molar-refractivity contribution in [3.05, 3.63) is 51.9 Å². The molecule has 3 aromatic rings. The molecular weight excluding hydrogens is 428 g/mol. The predicted molar refractivity (Wildman–Crippen MR) is 108 cm³/mol. The smallest absolute Gasteiger partial charge is 0.339 e. The van der Waals surface area contributed by atoms with E-state index in [1.54, 1.807) is 6.92 Å². The lowest BCUT2D eigenvalue weighted by molar-refractivity contribution is 0.0244. The second-order valence-electron chi connectivity index (χ2n) is 7.24. The lowest BCUT2D eigenvalue weighted by atomic mass is 9.87. The number of aliphatic hydroxyl groups excluding tert-OH is 1. The van der Waals surface area contributed by atoms with Crippen molar-refractivity contribution in [3.63, 3.8) is 0 Å². The van der Waals surface area contributed by atoms with Crippen molar-refractivity contribution < 1.29 is 23.8 Å². The number of carbonyl (C=O) groups excluding carboxylic acids is 1. The van der Waals surface area contributed by atoms with E-state index in [2.05, 4.69) is 15.9 Å². The van der Waals surface area contributed by atoms with Crippen LogP contribution < -0.4 is 10.4 Å².